The summed E-state index contributed by atoms with van der Waals surface area (Å²) in [4.78, 5) is 60.9. The van der Waals surface area contributed by atoms with Crippen LogP contribution in [0.2, 0.25) is 0 Å². The molecule has 52 heavy (non-hydrogen) atoms. The monoisotopic (exact) mass is 706 g/mol. The van der Waals surface area contributed by atoms with Crippen molar-refractivity contribution in [1.29, 1.82) is 0 Å². The van der Waals surface area contributed by atoms with Crippen molar-refractivity contribution in [3.05, 3.63) is 113 Å². The van der Waals surface area contributed by atoms with Gasteiger partial charge in [-0.2, -0.15) is 0 Å². The number of benzene rings is 4. The maximum Gasteiger partial charge on any atom is 0.336 e. The Morgan fingerprint density at radius 3 is 1.65 bits per heavy atom. The highest BCUT2D eigenvalue weighted by Gasteiger charge is 2.16. The van der Waals surface area contributed by atoms with Crippen molar-refractivity contribution >= 4 is 47.0 Å². The lowest BCUT2D eigenvalue weighted by molar-refractivity contribution is -0.132. The zero-order valence-corrected chi connectivity index (χ0v) is 28.2. The number of esters is 4. The van der Waals surface area contributed by atoms with Crippen LogP contribution < -0.4 is 33.8 Å². The summed E-state index contributed by atoms with van der Waals surface area (Å²) in [6, 6.07) is 17.9. The standard InChI is InChI=1S/C39H30O13/c1-22(40)49-31-13-5-24(17-33(31)46-3)7-15-36(43)51-27-11-9-26(10-12-27)29-21-48-35-20-28(19-30(42)38(35)39(29)45)52-37(44)16-8-25-6-14-32(50-23(2)41)34(18-25)47-4/h5-21,42H,1-4H3/b15-7+,16-8+. The molecule has 0 saturated carbocycles. The third-order valence-electron chi connectivity index (χ3n) is 7.14. The Kier molecular flexibility index (Phi) is 11.1. The molecule has 5 aromatic rings. The number of carbonyl (C=O) groups excluding carboxylic acids is 4. The first kappa shape index (κ1) is 36.1. The lowest BCUT2D eigenvalue weighted by atomic mass is 10.0. The molecule has 0 bridgehead atoms. The van der Waals surface area contributed by atoms with Crippen LogP contribution in [0.15, 0.2) is 100 Å². The van der Waals surface area contributed by atoms with Gasteiger partial charge < -0.3 is 37.9 Å². The van der Waals surface area contributed by atoms with E-state index in [0.717, 1.165) is 12.1 Å². The largest absolute Gasteiger partial charge is 0.507 e. The molecule has 264 valence electrons. The normalized spacial score (nSPS) is 11.0. The van der Waals surface area contributed by atoms with Gasteiger partial charge in [0.15, 0.2) is 23.0 Å². The molecular weight excluding hydrogens is 676 g/mol. The Morgan fingerprint density at radius 1 is 0.635 bits per heavy atom. The summed E-state index contributed by atoms with van der Waals surface area (Å²) in [5, 5.41) is 10.6. The fraction of sp³-hybridized carbons (Fsp3) is 0.103. The highest BCUT2D eigenvalue weighted by atomic mass is 16.6. The molecule has 13 nitrogen and oxygen atoms in total. The van der Waals surface area contributed by atoms with Crippen LogP contribution in [-0.2, 0) is 19.2 Å². The highest BCUT2D eigenvalue weighted by Crippen LogP contribution is 2.32. The average molecular weight is 707 g/mol. The number of phenolic OH excluding ortho intramolecular Hbond substituents is 1. The van der Waals surface area contributed by atoms with Crippen LogP contribution in [0, 0.1) is 0 Å². The van der Waals surface area contributed by atoms with Crippen molar-refractivity contribution in [2.24, 2.45) is 0 Å². The molecule has 13 heteroatoms. The van der Waals surface area contributed by atoms with E-state index in [-0.39, 0.29) is 45.3 Å². The SMILES string of the molecule is COc1cc(/C=C/C(=O)Oc2ccc(-c3coc4cc(OC(=O)/C=C/c5ccc(OC(C)=O)c(OC)c5)cc(O)c4c3=O)cc2)ccc1OC(C)=O. The molecule has 0 saturated heterocycles. The van der Waals surface area contributed by atoms with Crippen LogP contribution in [0.1, 0.15) is 25.0 Å². The highest BCUT2D eigenvalue weighted by molar-refractivity contribution is 5.92. The smallest absolute Gasteiger partial charge is 0.336 e. The third kappa shape index (κ3) is 8.90. The van der Waals surface area contributed by atoms with Crippen LogP contribution in [0.25, 0.3) is 34.2 Å². The lowest BCUT2D eigenvalue weighted by Gasteiger charge is -2.09. The Morgan fingerprint density at radius 2 is 1.15 bits per heavy atom. The van der Waals surface area contributed by atoms with Gasteiger partial charge in [0, 0.05) is 38.1 Å². The number of carbonyl (C=O) groups is 4. The summed E-state index contributed by atoms with van der Waals surface area (Å²) in [6.45, 7) is 2.53. The number of phenols is 1. The average Bonchev–Trinajstić information content (AvgIpc) is 3.10. The minimum atomic E-state index is -0.785. The van der Waals surface area contributed by atoms with E-state index in [2.05, 4.69) is 0 Å². The Bertz CT molecular complexity index is 2300. The molecule has 1 heterocycles. The molecule has 0 unspecified atom stereocenters. The number of hydrogen-bond acceptors (Lipinski definition) is 13. The fourth-order valence-electron chi connectivity index (χ4n) is 4.85. The van der Waals surface area contributed by atoms with Gasteiger partial charge in [0.05, 0.1) is 19.8 Å². The predicted octanol–water partition coefficient (Wildman–Crippen LogP) is 6.27. The summed E-state index contributed by atoms with van der Waals surface area (Å²) in [7, 11) is 2.83. The van der Waals surface area contributed by atoms with Crippen molar-refractivity contribution in [2.45, 2.75) is 13.8 Å². The first-order valence-electron chi connectivity index (χ1n) is 15.4. The van der Waals surface area contributed by atoms with Crippen molar-refractivity contribution in [2.75, 3.05) is 14.2 Å². The minimum absolute atomic E-state index is 0.0256. The zero-order valence-electron chi connectivity index (χ0n) is 28.2. The van der Waals surface area contributed by atoms with Crippen LogP contribution >= 0.6 is 0 Å². The van der Waals surface area contributed by atoms with E-state index < -0.39 is 35.1 Å². The molecule has 1 aromatic heterocycles. The number of aromatic hydroxyl groups is 1. The fourth-order valence-corrected chi connectivity index (χ4v) is 4.85. The Hall–Kier alpha value is -7.15. The van der Waals surface area contributed by atoms with Crippen molar-refractivity contribution in [3.8, 4) is 51.4 Å². The van der Waals surface area contributed by atoms with Gasteiger partial charge in [-0.1, -0.05) is 24.3 Å². The molecule has 0 aliphatic carbocycles. The Balaban J connectivity index is 1.25. The minimum Gasteiger partial charge on any atom is -0.507 e. The summed E-state index contributed by atoms with van der Waals surface area (Å²) in [6.07, 6.45) is 6.50. The molecule has 5 rings (SSSR count). The molecule has 0 radical (unpaired) electrons. The van der Waals surface area contributed by atoms with E-state index in [1.807, 2.05) is 0 Å². The first-order chi connectivity index (χ1) is 24.9. The van der Waals surface area contributed by atoms with Crippen LogP contribution in [0.3, 0.4) is 0 Å². The van der Waals surface area contributed by atoms with Gasteiger partial charge >= 0.3 is 23.9 Å². The maximum absolute atomic E-state index is 13.4. The predicted molar refractivity (Wildman–Crippen MR) is 188 cm³/mol. The van der Waals surface area contributed by atoms with Gasteiger partial charge in [0.1, 0.15) is 34.5 Å². The van der Waals surface area contributed by atoms with Crippen molar-refractivity contribution in [1.82, 2.24) is 0 Å². The number of fused-ring (bicyclic) bond motifs is 1. The summed E-state index contributed by atoms with van der Waals surface area (Å²) in [5.74, 6) is -1.75. The first-order valence-corrected chi connectivity index (χ1v) is 15.4. The molecule has 0 atom stereocenters. The number of methoxy groups -OCH3 is 2. The third-order valence-corrected chi connectivity index (χ3v) is 7.14. The molecule has 0 aliphatic rings. The van der Waals surface area contributed by atoms with E-state index in [9.17, 15) is 29.1 Å². The summed E-state index contributed by atoms with van der Waals surface area (Å²) in [5.41, 5.74) is 1.11. The molecule has 4 aromatic carbocycles. The topological polar surface area (TPSA) is 174 Å². The van der Waals surface area contributed by atoms with E-state index in [1.165, 1.54) is 82.9 Å². The second kappa shape index (κ2) is 16.0. The summed E-state index contributed by atoms with van der Waals surface area (Å²) >= 11 is 0. The molecule has 0 amide bonds. The van der Waals surface area contributed by atoms with Gasteiger partial charge in [-0.25, -0.2) is 9.59 Å². The maximum atomic E-state index is 13.4. The molecule has 1 N–H and O–H groups in total. The number of hydrogen-bond donors (Lipinski definition) is 1. The van der Waals surface area contributed by atoms with Gasteiger partial charge in [-0.05, 0) is 65.2 Å². The second-order valence-electron chi connectivity index (χ2n) is 10.8. The molecular formula is C39H30O13. The molecule has 0 fully saturated rings. The number of ether oxygens (including phenoxy) is 6. The van der Waals surface area contributed by atoms with Gasteiger partial charge in [0.2, 0.25) is 5.43 Å². The lowest BCUT2D eigenvalue weighted by Crippen LogP contribution is -2.07. The van der Waals surface area contributed by atoms with Crippen molar-refractivity contribution < 1.29 is 57.1 Å². The second-order valence-corrected chi connectivity index (χ2v) is 10.8. The van der Waals surface area contributed by atoms with E-state index >= 15 is 0 Å². The van der Waals surface area contributed by atoms with Gasteiger partial charge in [-0.15, -0.1) is 0 Å². The number of rotatable bonds is 11. The van der Waals surface area contributed by atoms with Gasteiger partial charge in [-0.3, -0.25) is 14.4 Å². The van der Waals surface area contributed by atoms with Crippen LogP contribution in [0.5, 0.6) is 40.2 Å². The quantitative estimate of drug-likeness (QED) is 0.0925. The van der Waals surface area contributed by atoms with Crippen LogP contribution in [-0.4, -0.2) is 43.2 Å². The van der Waals surface area contributed by atoms with Gasteiger partial charge in [0.25, 0.3) is 0 Å². The zero-order chi connectivity index (χ0) is 37.4. The summed E-state index contributed by atoms with van der Waals surface area (Å²) < 4.78 is 36.9. The van der Waals surface area contributed by atoms with Crippen molar-refractivity contribution in [3.63, 3.8) is 0 Å². The van der Waals surface area contributed by atoms with Crippen LogP contribution in [0.4, 0.5) is 0 Å². The Labute approximate surface area is 295 Å². The van der Waals surface area contributed by atoms with E-state index in [4.69, 9.17) is 32.8 Å². The van der Waals surface area contributed by atoms with E-state index in [0.29, 0.717) is 22.4 Å². The molecule has 0 spiro atoms. The van der Waals surface area contributed by atoms with E-state index in [1.54, 1.807) is 36.4 Å². The molecule has 0 aliphatic heterocycles.